The van der Waals surface area contributed by atoms with Crippen LogP contribution in [-0.2, 0) is 4.79 Å². The maximum absolute atomic E-state index is 13.0. The van der Waals surface area contributed by atoms with Gasteiger partial charge in [-0.25, -0.2) is 9.97 Å². The summed E-state index contributed by atoms with van der Waals surface area (Å²) in [6.45, 7) is 2.38. The highest BCUT2D eigenvalue weighted by atomic mass is 16.5. The average molecular weight is 391 g/mol. The first kappa shape index (κ1) is 18.4. The lowest BCUT2D eigenvalue weighted by Gasteiger charge is -2.24. The van der Waals surface area contributed by atoms with Gasteiger partial charge in [-0.3, -0.25) is 14.5 Å². The van der Waals surface area contributed by atoms with E-state index in [1.165, 1.54) is 29.6 Å². The summed E-state index contributed by atoms with van der Waals surface area (Å²) >= 11 is 0. The molecule has 8 nitrogen and oxygen atoms in total. The number of carbonyl (C=O) groups excluding carboxylic acids is 2. The number of hydrogen-bond acceptors (Lipinski definition) is 7. The second kappa shape index (κ2) is 7.59. The zero-order valence-corrected chi connectivity index (χ0v) is 15.5. The van der Waals surface area contributed by atoms with Crippen LogP contribution in [0.2, 0.25) is 0 Å². The highest BCUT2D eigenvalue weighted by Crippen LogP contribution is 2.41. The van der Waals surface area contributed by atoms with Crippen molar-refractivity contribution in [3.8, 4) is 5.75 Å². The summed E-state index contributed by atoms with van der Waals surface area (Å²) in [5.41, 5.74) is 0.495. The summed E-state index contributed by atoms with van der Waals surface area (Å²) in [5.74, 6) is -1.26. The van der Waals surface area contributed by atoms with E-state index in [4.69, 9.17) is 9.15 Å². The number of aliphatic hydroxyl groups is 1. The van der Waals surface area contributed by atoms with Crippen molar-refractivity contribution in [2.24, 2.45) is 0 Å². The standard InChI is InChI=1S/C21H17N3O5/c1-2-28-14-8-6-13(7-9-14)17-16(18(25)15-5-3-12-29-15)19(26)20(27)24(17)21-22-10-4-11-23-21/h3-12,17,26H,2H2,1H3/t17-/m1/s1. The number of furan rings is 1. The lowest BCUT2D eigenvalue weighted by molar-refractivity contribution is -0.117. The van der Waals surface area contributed by atoms with Crippen LogP contribution in [-0.4, -0.2) is 33.4 Å². The molecule has 0 unspecified atom stereocenters. The van der Waals surface area contributed by atoms with E-state index in [-0.39, 0.29) is 17.3 Å². The Morgan fingerprint density at radius 3 is 2.52 bits per heavy atom. The minimum atomic E-state index is -0.918. The minimum Gasteiger partial charge on any atom is -0.503 e. The fourth-order valence-corrected chi connectivity index (χ4v) is 3.23. The fraction of sp³-hybridized carbons (Fsp3) is 0.143. The van der Waals surface area contributed by atoms with E-state index >= 15 is 0 Å². The molecular formula is C21H17N3O5. The quantitative estimate of drug-likeness (QED) is 0.643. The van der Waals surface area contributed by atoms with Crippen LogP contribution in [0.1, 0.15) is 29.1 Å². The summed E-state index contributed by atoms with van der Waals surface area (Å²) in [4.78, 5) is 35.4. The molecule has 1 aromatic carbocycles. The van der Waals surface area contributed by atoms with Crippen LogP contribution in [0.25, 0.3) is 0 Å². The zero-order chi connectivity index (χ0) is 20.4. The number of amides is 1. The number of aliphatic hydroxyl groups excluding tert-OH is 1. The average Bonchev–Trinajstić information content (AvgIpc) is 3.37. The predicted molar refractivity (Wildman–Crippen MR) is 103 cm³/mol. The predicted octanol–water partition coefficient (Wildman–Crippen LogP) is 3.25. The first-order valence-corrected chi connectivity index (χ1v) is 8.96. The van der Waals surface area contributed by atoms with E-state index in [0.717, 1.165) is 0 Å². The first-order chi connectivity index (χ1) is 14.1. The van der Waals surface area contributed by atoms with Crippen LogP contribution in [0.3, 0.4) is 0 Å². The highest BCUT2D eigenvalue weighted by Gasteiger charge is 2.46. The van der Waals surface area contributed by atoms with Crippen molar-refractivity contribution in [1.82, 2.24) is 9.97 Å². The second-order valence-corrected chi connectivity index (χ2v) is 6.20. The van der Waals surface area contributed by atoms with Crippen molar-refractivity contribution in [3.63, 3.8) is 0 Å². The number of benzene rings is 1. The smallest absolute Gasteiger partial charge is 0.296 e. The fourth-order valence-electron chi connectivity index (χ4n) is 3.23. The number of ketones is 1. The molecule has 0 bridgehead atoms. The molecule has 3 heterocycles. The number of aromatic nitrogens is 2. The van der Waals surface area contributed by atoms with E-state index in [9.17, 15) is 14.7 Å². The van der Waals surface area contributed by atoms with Crippen molar-refractivity contribution in [3.05, 3.63) is 83.8 Å². The molecule has 0 aliphatic carbocycles. The third-order valence-corrected chi connectivity index (χ3v) is 4.47. The molecule has 0 fully saturated rings. The molecular weight excluding hydrogens is 374 g/mol. The summed E-state index contributed by atoms with van der Waals surface area (Å²) < 4.78 is 10.7. The van der Waals surface area contributed by atoms with Crippen molar-refractivity contribution >= 4 is 17.6 Å². The largest absolute Gasteiger partial charge is 0.503 e. The molecule has 1 aliphatic rings. The minimum absolute atomic E-state index is 0.0196. The van der Waals surface area contributed by atoms with E-state index in [1.807, 2.05) is 6.92 Å². The van der Waals surface area contributed by atoms with Crippen LogP contribution < -0.4 is 9.64 Å². The van der Waals surface area contributed by atoms with E-state index in [2.05, 4.69) is 9.97 Å². The SMILES string of the molecule is CCOc1ccc([C@@H]2C(C(=O)c3ccco3)=C(O)C(=O)N2c2ncccn2)cc1. The number of Topliss-reactive ketones (excluding diaryl/α,β-unsaturated/α-hetero) is 1. The van der Waals surface area contributed by atoms with Crippen LogP contribution in [0, 0.1) is 0 Å². The highest BCUT2D eigenvalue weighted by molar-refractivity contribution is 6.19. The van der Waals surface area contributed by atoms with Crippen LogP contribution >= 0.6 is 0 Å². The van der Waals surface area contributed by atoms with Gasteiger partial charge in [0.25, 0.3) is 5.91 Å². The Morgan fingerprint density at radius 1 is 1.17 bits per heavy atom. The molecule has 0 saturated carbocycles. The van der Waals surface area contributed by atoms with Gasteiger partial charge in [0.05, 0.1) is 24.5 Å². The maximum Gasteiger partial charge on any atom is 0.296 e. The van der Waals surface area contributed by atoms with Crippen molar-refractivity contribution < 1.29 is 23.8 Å². The number of anilines is 1. The van der Waals surface area contributed by atoms with Gasteiger partial charge in [-0.05, 0) is 42.8 Å². The zero-order valence-electron chi connectivity index (χ0n) is 15.5. The van der Waals surface area contributed by atoms with Crippen molar-refractivity contribution in [1.29, 1.82) is 0 Å². The second-order valence-electron chi connectivity index (χ2n) is 6.20. The summed E-state index contributed by atoms with van der Waals surface area (Å²) in [6.07, 6.45) is 4.31. The maximum atomic E-state index is 13.0. The van der Waals surface area contributed by atoms with Crippen LogP contribution in [0.5, 0.6) is 5.75 Å². The number of rotatable bonds is 6. The first-order valence-electron chi connectivity index (χ1n) is 8.96. The Labute approximate surface area is 166 Å². The Hall–Kier alpha value is -3.94. The molecule has 8 heteroatoms. The van der Waals surface area contributed by atoms with Crippen molar-refractivity contribution in [2.75, 3.05) is 11.5 Å². The normalized spacial score (nSPS) is 16.4. The van der Waals surface area contributed by atoms with E-state index in [0.29, 0.717) is 17.9 Å². The van der Waals surface area contributed by atoms with Gasteiger partial charge in [0.2, 0.25) is 11.7 Å². The van der Waals surface area contributed by atoms with Gasteiger partial charge < -0.3 is 14.3 Å². The van der Waals surface area contributed by atoms with E-state index < -0.39 is 23.5 Å². The number of carbonyl (C=O) groups is 2. The molecule has 2 aromatic heterocycles. The van der Waals surface area contributed by atoms with Crippen LogP contribution in [0.15, 0.2) is 76.9 Å². The monoisotopic (exact) mass is 391 g/mol. The lowest BCUT2D eigenvalue weighted by atomic mass is 9.95. The number of hydrogen-bond donors (Lipinski definition) is 1. The molecule has 1 amide bonds. The molecule has 0 saturated heterocycles. The molecule has 4 rings (SSSR count). The van der Waals surface area contributed by atoms with Gasteiger partial charge in [-0.15, -0.1) is 0 Å². The molecule has 146 valence electrons. The Morgan fingerprint density at radius 2 is 1.90 bits per heavy atom. The Balaban J connectivity index is 1.83. The van der Waals surface area contributed by atoms with Gasteiger partial charge in [-0.2, -0.15) is 0 Å². The third kappa shape index (κ3) is 3.25. The summed E-state index contributed by atoms with van der Waals surface area (Å²) in [6, 6.07) is 10.7. The van der Waals surface area contributed by atoms with E-state index in [1.54, 1.807) is 36.4 Å². The molecule has 1 N–H and O–H groups in total. The molecule has 0 spiro atoms. The topological polar surface area (TPSA) is 106 Å². The summed E-state index contributed by atoms with van der Waals surface area (Å²) in [7, 11) is 0. The van der Waals surface area contributed by atoms with Gasteiger partial charge in [0.1, 0.15) is 5.75 Å². The van der Waals surface area contributed by atoms with Crippen molar-refractivity contribution in [2.45, 2.75) is 13.0 Å². The van der Waals surface area contributed by atoms with Crippen LogP contribution in [0.4, 0.5) is 5.95 Å². The molecule has 1 aliphatic heterocycles. The third-order valence-electron chi connectivity index (χ3n) is 4.47. The van der Waals surface area contributed by atoms with Gasteiger partial charge in [-0.1, -0.05) is 12.1 Å². The molecule has 1 atom stereocenters. The van der Waals surface area contributed by atoms with Gasteiger partial charge in [0.15, 0.2) is 11.5 Å². The van der Waals surface area contributed by atoms with Gasteiger partial charge >= 0.3 is 0 Å². The number of ether oxygens (including phenoxy) is 1. The molecule has 3 aromatic rings. The Bertz CT molecular complexity index is 1060. The summed E-state index contributed by atoms with van der Waals surface area (Å²) in [5, 5.41) is 10.6. The Kier molecular flexibility index (Phi) is 4.82. The molecule has 0 radical (unpaired) electrons. The van der Waals surface area contributed by atoms with Gasteiger partial charge in [0, 0.05) is 12.4 Å². The lowest BCUT2D eigenvalue weighted by Crippen LogP contribution is -2.32. The number of nitrogens with zero attached hydrogens (tertiary/aromatic N) is 3. The molecule has 29 heavy (non-hydrogen) atoms.